The Morgan fingerprint density at radius 3 is 2.60 bits per heavy atom. The minimum Gasteiger partial charge on any atom is -0.364 e. The number of fused-ring (bicyclic) bond motifs is 1. The van der Waals surface area contributed by atoms with Crippen molar-refractivity contribution >= 4 is 29.2 Å². The van der Waals surface area contributed by atoms with Crippen molar-refractivity contribution in [2.75, 3.05) is 12.9 Å². The second-order valence-electron chi connectivity index (χ2n) is 5.43. The number of alkyl halides is 3. The zero-order chi connectivity index (χ0) is 19.0. The standard InChI is InChI=1S/C8H12F3NO.C8H10N2OS/c1-3-7(6(2)4-12)13-5-8(9,10)11;1-12(11)8-9-6-4-2-3-5-7(6)10-8/h3-4,6-7,12H,1,5H2,2H3;4-5H,2-3H2,1H3,(H,9,10). The highest BCUT2D eigenvalue weighted by atomic mass is 32.2. The van der Waals surface area contributed by atoms with Crippen molar-refractivity contribution in [2.24, 2.45) is 5.92 Å². The number of hydrogen-bond acceptors (Lipinski definition) is 4. The van der Waals surface area contributed by atoms with Gasteiger partial charge in [0.2, 0.25) is 0 Å². The van der Waals surface area contributed by atoms with Crippen molar-refractivity contribution in [3.05, 3.63) is 23.4 Å². The molecular formula is C16H22F3N3O2S. The van der Waals surface area contributed by atoms with Crippen molar-refractivity contribution in [3.8, 4) is 0 Å². The van der Waals surface area contributed by atoms with Crippen LogP contribution in [0.3, 0.4) is 0 Å². The molecule has 25 heavy (non-hydrogen) atoms. The molecule has 3 atom stereocenters. The molecule has 0 amide bonds. The first-order valence-corrected chi connectivity index (χ1v) is 9.15. The van der Waals surface area contributed by atoms with E-state index in [1.807, 2.05) is 0 Å². The summed E-state index contributed by atoms with van der Waals surface area (Å²) in [4.78, 5) is 7.24. The van der Waals surface area contributed by atoms with Crippen LogP contribution in [0.2, 0.25) is 0 Å². The first-order valence-electron chi connectivity index (χ1n) is 7.59. The highest BCUT2D eigenvalue weighted by Crippen LogP contribution is 2.17. The van der Waals surface area contributed by atoms with Crippen LogP contribution in [0.15, 0.2) is 17.8 Å². The summed E-state index contributed by atoms with van der Waals surface area (Å²) < 4.78 is 50.7. The lowest BCUT2D eigenvalue weighted by Gasteiger charge is -2.18. The van der Waals surface area contributed by atoms with Crippen LogP contribution in [0.25, 0.3) is 12.2 Å². The van der Waals surface area contributed by atoms with Gasteiger partial charge < -0.3 is 15.1 Å². The molecule has 5 nitrogen and oxygen atoms in total. The Morgan fingerprint density at radius 2 is 2.12 bits per heavy atom. The van der Waals surface area contributed by atoms with Gasteiger partial charge in [-0.05, 0) is 12.8 Å². The number of aromatic nitrogens is 2. The fourth-order valence-electron chi connectivity index (χ4n) is 1.99. The van der Waals surface area contributed by atoms with E-state index in [9.17, 15) is 17.4 Å². The van der Waals surface area contributed by atoms with Gasteiger partial charge in [-0.25, -0.2) is 4.98 Å². The van der Waals surface area contributed by atoms with E-state index in [1.54, 1.807) is 13.2 Å². The van der Waals surface area contributed by atoms with Gasteiger partial charge in [0, 0.05) is 18.4 Å². The predicted octanol–water partition coefficient (Wildman–Crippen LogP) is 1.91. The molecule has 0 aliphatic heterocycles. The third kappa shape index (κ3) is 7.35. The maximum absolute atomic E-state index is 11.7. The normalized spacial score (nSPS) is 16.8. The van der Waals surface area contributed by atoms with Gasteiger partial charge >= 0.3 is 6.18 Å². The Hall–Kier alpha value is -1.74. The topological polar surface area (TPSA) is 78.8 Å². The van der Waals surface area contributed by atoms with Gasteiger partial charge in [0.25, 0.3) is 0 Å². The second kappa shape index (κ2) is 9.67. The molecule has 140 valence electrons. The van der Waals surface area contributed by atoms with Crippen LogP contribution < -0.4 is 10.7 Å². The van der Waals surface area contributed by atoms with E-state index < -0.39 is 29.7 Å². The minimum absolute atomic E-state index is 0.389. The Labute approximate surface area is 146 Å². The van der Waals surface area contributed by atoms with Gasteiger partial charge in [-0.2, -0.15) is 13.2 Å². The molecule has 1 aromatic rings. The van der Waals surface area contributed by atoms with E-state index >= 15 is 0 Å². The number of halogens is 3. The summed E-state index contributed by atoms with van der Waals surface area (Å²) in [6, 6.07) is 0. The highest BCUT2D eigenvalue weighted by molar-refractivity contribution is 7.84. The SMILES string of the molecule is C=CC(OCC(F)(F)F)C(C)C=N.CS(=O)c1nc2c([nH]1)=CCCC=2. The Balaban J connectivity index is 0.000000250. The molecule has 0 radical (unpaired) electrons. The fourth-order valence-corrected chi connectivity index (χ4v) is 2.47. The van der Waals surface area contributed by atoms with E-state index in [0.717, 1.165) is 29.8 Å². The molecule has 0 saturated carbocycles. The third-order valence-electron chi connectivity index (χ3n) is 3.32. The summed E-state index contributed by atoms with van der Waals surface area (Å²) in [5.74, 6) is -0.389. The summed E-state index contributed by atoms with van der Waals surface area (Å²) in [6.45, 7) is 3.62. The zero-order valence-corrected chi connectivity index (χ0v) is 14.9. The molecule has 0 spiro atoms. The minimum atomic E-state index is -4.33. The van der Waals surface area contributed by atoms with Crippen molar-refractivity contribution in [2.45, 2.75) is 37.2 Å². The molecule has 1 aromatic heterocycles. The molecule has 3 unspecified atom stereocenters. The number of nitrogens with one attached hydrogen (secondary N) is 2. The van der Waals surface area contributed by atoms with Gasteiger partial charge in [0.05, 0.1) is 27.6 Å². The molecule has 1 aliphatic rings. The number of nitrogens with zero attached hydrogens (tertiary/aromatic N) is 1. The average molecular weight is 377 g/mol. The molecule has 2 N–H and O–H groups in total. The van der Waals surface area contributed by atoms with Crippen LogP contribution in [0.4, 0.5) is 13.2 Å². The maximum Gasteiger partial charge on any atom is 0.411 e. The van der Waals surface area contributed by atoms with E-state index in [4.69, 9.17) is 5.41 Å². The molecule has 0 fully saturated rings. The largest absolute Gasteiger partial charge is 0.411 e. The summed E-state index contributed by atoms with van der Waals surface area (Å²) in [5.41, 5.74) is 0. The van der Waals surface area contributed by atoms with Crippen LogP contribution in [-0.4, -0.2) is 45.5 Å². The summed E-state index contributed by atoms with van der Waals surface area (Å²) in [6.07, 6.45) is 5.09. The van der Waals surface area contributed by atoms with Gasteiger partial charge in [-0.3, -0.25) is 4.21 Å². The molecule has 1 heterocycles. The lowest BCUT2D eigenvalue weighted by Crippen LogP contribution is -2.26. The van der Waals surface area contributed by atoms with Crippen LogP contribution >= 0.6 is 0 Å². The van der Waals surface area contributed by atoms with Gasteiger partial charge in [-0.1, -0.05) is 25.2 Å². The monoisotopic (exact) mass is 377 g/mol. The first kappa shape index (κ1) is 21.3. The van der Waals surface area contributed by atoms with E-state index in [0.29, 0.717) is 5.16 Å². The Kier molecular flexibility index (Phi) is 8.24. The summed E-state index contributed by atoms with van der Waals surface area (Å²) in [7, 11) is -1.00. The molecule has 0 saturated heterocycles. The summed E-state index contributed by atoms with van der Waals surface area (Å²) in [5, 5.41) is 9.39. The quantitative estimate of drug-likeness (QED) is 0.587. The second-order valence-corrected chi connectivity index (χ2v) is 6.73. The van der Waals surface area contributed by atoms with E-state index in [1.165, 1.54) is 6.08 Å². The Morgan fingerprint density at radius 1 is 1.48 bits per heavy atom. The van der Waals surface area contributed by atoms with Gasteiger partial charge in [0.1, 0.15) is 6.61 Å². The molecule has 2 rings (SSSR count). The fraction of sp³-hybridized carbons (Fsp3) is 0.500. The van der Waals surface area contributed by atoms with Crippen LogP contribution in [0.1, 0.15) is 19.8 Å². The highest BCUT2D eigenvalue weighted by Gasteiger charge is 2.29. The zero-order valence-electron chi connectivity index (χ0n) is 14.1. The molecule has 9 heteroatoms. The number of hydrogen-bond donors (Lipinski definition) is 2. The van der Waals surface area contributed by atoms with Crippen LogP contribution in [0.5, 0.6) is 0 Å². The first-order chi connectivity index (χ1) is 11.7. The lowest BCUT2D eigenvalue weighted by atomic mass is 10.1. The molecule has 0 bridgehead atoms. The molecule has 1 aliphatic carbocycles. The number of imidazole rings is 1. The van der Waals surface area contributed by atoms with E-state index in [-0.39, 0.29) is 5.92 Å². The van der Waals surface area contributed by atoms with Crippen LogP contribution in [-0.2, 0) is 15.5 Å². The average Bonchev–Trinajstić information content (AvgIpc) is 2.99. The number of H-pyrrole nitrogens is 1. The summed E-state index contributed by atoms with van der Waals surface area (Å²) >= 11 is 0. The van der Waals surface area contributed by atoms with Gasteiger partial charge in [-0.15, -0.1) is 6.58 Å². The van der Waals surface area contributed by atoms with E-state index in [2.05, 4.69) is 33.4 Å². The third-order valence-corrected chi connectivity index (χ3v) is 4.06. The molecule has 0 aromatic carbocycles. The number of aromatic amines is 1. The van der Waals surface area contributed by atoms with Gasteiger partial charge in [0.15, 0.2) is 5.16 Å². The smallest absolute Gasteiger partial charge is 0.364 e. The van der Waals surface area contributed by atoms with Crippen molar-refractivity contribution < 1.29 is 22.1 Å². The van der Waals surface area contributed by atoms with Crippen molar-refractivity contribution in [1.29, 1.82) is 5.41 Å². The van der Waals surface area contributed by atoms with Crippen molar-refractivity contribution in [1.82, 2.24) is 9.97 Å². The number of ether oxygens (including phenoxy) is 1. The Bertz CT molecular complexity index is 694. The molecular weight excluding hydrogens is 355 g/mol. The lowest BCUT2D eigenvalue weighted by molar-refractivity contribution is -0.182. The van der Waals surface area contributed by atoms with Crippen molar-refractivity contribution in [3.63, 3.8) is 0 Å². The van der Waals surface area contributed by atoms with Crippen LogP contribution in [0, 0.1) is 11.3 Å². The number of rotatable bonds is 6. The maximum atomic E-state index is 11.7. The predicted molar refractivity (Wildman–Crippen MR) is 92.3 cm³/mol.